The Morgan fingerprint density at radius 2 is 1.90 bits per heavy atom. The van der Waals surface area contributed by atoms with E-state index in [1.54, 1.807) is 0 Å². The average Bonchev–Trinajstić information content (AvgIpc) is 3.72. The highest BCUT2D eigenvalue weighted by Gasteiger charge is 2.47. The van der Waals surface area contributed by atoms with Crippen molar-refractivity contribution in [3.8, 4) is 28.4 Å². The van der Waals surface area contributed by atoms with Crippen molar-refractivity contribution in [3.63, 3.8) is 0 Å². The highest BCUT2D eigenvalue weighted by Crippen LogP contribution is 2.46. The number of anilines is 1. The van der Waals surface area contributed by atoms with Crippen LogP contribution in [0, 0.1) is 26.2 Å². The molecule has 1 N–H and O–H groups in total. The lowest BCUT2D eigenvalue weighted by molar-refractivity contribution is 0.0716. The number of ether oxygens (including phenoxy) is 1. The first-order valence-electron chi connectivity index (χ1n) is 14.7. The first-order valence-corrected chi connectivity index (χ1v) is 15.1. The van der Waals surface area contributed by atoms with Gasteiger partial charge >= 0.3 is 0 Å². The summed E-state index contributed by atoms with van der Waals surface area (Å²) in [5, 5.41) is 14.9. The number of aliphatic hydroxyl groups is 1. The Balaban J connectivity index is 1.32. The number of likely N-dealkylation sites (tertiary alicyclic amines) is 1. The Kier molecular flexibility index (Phi) is 7.53. The molecule has 1 saturated carbocycles. The van der Waals surface area contributed by atoms with Gasteiger partial charge in [-0.1, -0.05) is 30.1 Å². The van der Waals surface area contributed by atoms with Gasteiger partial charge in [-0.2, -0.15) is 0 Å². The summed E-state index contributed by atoms with van der Waals surface area (Å²) in [5.74, 6) is 2.85. The van der Waals surface area contributed by atoms with Crippen LogP contribution in [0.1, 0.15) is 62.5 Å². The number of nitrogens with zero attached hydrogens (tertiary/aromatic N) is 5. The lowest BCUT2D eigenvalue weighted by atomic mass is 9.72. The molecule has 1 spiro atoms. The Morgan fingerprint density at radius 1 is 1.15 bits per heavy atom. The van der Waals surface area contributed by atoms with Crippen molar-refractivity contribution in [2.24, 2.45) is 5.41 Å². The van der Waals surface area contributed by atoms with Gasteiger partial charge in [0.25, 0.3) is 0 Å². The van der Waals surface area contributed by atoms with Crippen LogP contribution in [0.5, 0.6) is 5.75 Å². The molecule has 0 unspecified atom stereocenters. The third kappa shape index (κ3) is 5.33. The second-order valence-electron chi connectivity index (χ2n) is 12.1. The highest BCUT2D eigenvalue weighted by molar-refractivity contribution is 6.33. The zero-order valence-electron chi connectivity index (χ0n) is 24.0. The van der Waals surface area contributed by atoms with Crippen molar-refractivity contribution in [1.82, 2.24) is 20.0 Å². The maximum absolute atomic E-state index is 10.2. The van der Waals surface area contributed by atoms with Crippen LogP contribution in [0.4, 0.5) is 5.82 Å². The molecule has 40 heavy (non-hydrogen) atoms. The smallest absolute Gasteiger partial charge is 0.163 e. The Bertz CT molecular complexity index is 1350. The van der Waals surface area contributed by atoms with E-state index in [2.05, 4.69) is 21.9 Å². The van der Waals surface area contributed by atoms with Gasteiger partial charge in [0.1, 0.15) is 23.9 Å². The van der Waals surface area contributed by atoms with Crippen molar-refractivity contribution in [3.05, 3.63) is 40.2 Å². The third-order valence-electron chi connectivity index (χ3n) is 8.91. The molecule has 0 amide bonds. The van der Waals surface area contributed by atoms with Crippen LogP contribution in [0.3, 0.4) is 0 Å². The van der Waals surface area contributed by atoms with Crippen LogP contribution < -0.4 is 9.64 Å². The van der Waals surface area contributed by atoms with Gasteiger partial charge in [0.15, 0.2) is 5.82 Å². The largest absolute Gasteiger partial charge is 0.491 e. The second kappa shape index (κ2) is 11.0. The van der Waals surface area contributed by atoms with Crippen LogP contribution in [0.15, 0.2) is 22.7 Å². The molecule has 4 heterocycles. The van der Waals surface area contributed by atoms with Gasteiger partial charge in [-0.05, 0) is 84.2 Å². The molecule has 0 bridgehead atoms. The number of hydrogen-bond acceptors (Lipinski definition) is 8. The molecule has 3 aliphatic rings. The molecule has 2 saturated heterocycles. The first kappa shape index (κ1) is 27.5. The fraction of sp³-hybridized carbons (Fsp3) is 0.581. The Morgan fingerprint density at radius 3 is 2.55 bits per heavy atom. The maximum atomic E-state index is 10.2. The number of aliphatic hydroxyl groups excluding tert-OH is 1. The number of hydrogen-bond donors (Lipinski definition) is 1. The van der Waals surface area contributed by atoms with Crippen LogP contribution in [-0.2, 0) is 0 Å². The summed E-state index contributed by atoms with van der Waals surface area (Å²) in [7, 11) is 0. The van der Waals surface area contributed by atoms with E-state index >= 15 is 0 Å². The molecule has 9 heteroatoms. The molecule has 1 aliphatic carbocycles. The quantitative estimate of drug-likeness (QED) is 0.339. The first-order chi connectivity index (χ1) is 19.3. The van der Waals surface area contributed by atoms with Crippen molar-refractivity contribution in [2.45, 2.75) is 78.4 Å². The molecule has 3 aromatic rings. The van der Waals surface area contributed by atoms with E-state index in [-0.39, 0.29) is 6.61 Å². The lowest BCUT2D eigenvalue weighted by Gasteiger charge is -2.55. The van der Waals surface area contributed by atoms with Crippen molar-refractivity contribution in [2.75, 3.05) is 37.7 Å². The number of rotatable bonds is 9. The van der Waals surface area contributed by atoms with Crippen molar-refractivity contribution in [1.29, 1.82) is 0 Å². The SMILES string of the molecule is CCC[C@@H](O)COc1ccc(Cl)c(-c2nc(-c3c(C)noc3C)c(C)c(N3CC4(CCN(C5CC5)CC4)C3)n2)c1. The minimum absolute atomic E-state index is 0.229. The normalized spacial score (nSPS) is 19.6. The molecule has 3 fully saturated rings. The predicted molar refractivity (Wildman–Crippen MR) is 157 cm³/mol. The van der Waals surface area contributed by atoms with E-state index in [4.69, 9.17) is 30.8 Å². The van der Waals surface area contributed by atoms with E-state index in [1.165, 1.54) is 38.8 Å². The fourth-order valence-corrected chi connectivity index (χ4v) is 6.61. The summed E-state index contributed by atoms with van der Waals surface area (Å²) < 4.78 is 11.4. The molecule has 2 aliphatic heterocycles. The van der Waals surface area contributed by atoms with E-state index in [1.807, 2.05) is 39.0 Å². The summed E-state index contributed by atoms with van der Waals surface area (Å²) in [6, 6.07) is 6.35. The summed E-state index contributed by atoms with van der Waals surface area (Å²) in [5.41, 5.74) is 4.62. The predicted octanol–water partition coefficient (Wildman–Crippen LogP) is 5.98. The topological polar surface area (TPSA) is 87.7 Å². The van der Waals surface area contributed by atoms with Gasteiger partial charge < -0.3 is 24.2 Å². The molecule has 1 aromatic carbocycles. The maximum Gasteiger partial charge on any atom is 0.163 e. The van der Waals surface area contributed by atoms with Crippen LogP contribution in [-0.4, -0.2) is 70.1 Å². The van der Waals surface area contributed by atoms with E-state index < -0.39 is 6.10 Å². The van der Waals surface area contributed by atoms with Gasteiger partial charge in [-0.15, -0.1) is 0 Å². The van der Waals surface area contributed by atoms with Crippen LogP contribution in [0.25, 0.3) is 22.6 Å². The Hall–Kier alpha value is -2.68. The van der Waals surface area contributed by atoms with Gasteiger partial charge in [0.2, 0.25) is 0 Å². The van der Waals surface area contributed by atoms with Gasteiger partial charge in [-0.25, -0.2) is 9.97 Å². The van der Waals surface area contributed by atoms with Crippen molar-refractivity contribution < 1.29 is 14.4 Å². The minimum Gasteiger partial charge on any atom is -0.491 e. The molecule has 1 atom stereocenters. The van der Waals surface area contributed by atoms with E-state index in [0.717, 1.165) is 59.6 Å². The summed E-state index contributed by atoms with van der Waals surface area (Å²) >= 11 is 6.73. The van der Waals surface area contributed by atoms with Gasteiger partial charge in [-0.3, -0.25) is 0 Å². The molecule has 2 aromatic heterocycles. The number of aromatic nitrogens is 3. The number of benzene rings is 1. The van der Waals surface area contributed by atoms with Gasteiger partial charge in [0.05, 0.1) is 28.1 Å². The fourth-order valence-electron chi connectivity index (χ4n) is 6.40. The molecule has 8 nitrogen and oxygen atoms in total. The minimum atomic E-state index is -0.507. The van der Waals surface area contributed by atoms with Crippen LogP contribution >= 0.6 is 11.6 Å². The standard InChI is InChI=1S/C31H40ClN5O3/c1-5-6-23(38)16-39-24-9-10-26(32)25(15-24)29-33-28(27-20(3)35-40-21(27)4)19(2)30(34-29)37-17-31(18-37)11-13-36(14-12-31)22-7-8-22/h9-10,15,22-23,38H,5-8,11-14,16-18H2,1-4H3/t23-/m1/s1. The summed E-state index contributed by atoms with van der Waals surface area (Å²) in [6.45, 7) is 12.7. The average molecular weight is 566 g/mol. The molecule has 0 radical (unpaired) electrons. The number of aryl methyl sites for hydroxylation is 2. The molecular weight excluding hydrogens is 526 g/mol. The third-order valence-corrected chi connectivity index (χ3v) is 9.24. The van der Waals surface area contributed by atoms with Crippen molar-refractivity contribution >= 4 is 17.4 Å². The van der Waals surface area contributed by atoms with Crippen LogP contribution in [0.2, 0.25) is 5.02 Å². The molecular formula is C31H40ClN5O3. The summed E-state index contributed by atoms with van der Waals surface area (Å²) in [4.78, 5) is 15.3. The lowest BCUT2D eigenvalue weighted by Crippen LogP contribution is -2.61. The number of piperidine rings is 1. The summed E-state index contributed by atoms with van der Waals surface area (Å²) in [6.07, 6.45) is 6.35. The zero-order chi connectivity index (χ0) is 28.0. The van der Waals surface area contributed by atoms with Gasteiger partial charge in [0, 0.05) is 35.7 Å². The molecule has 6 rings (SSSR count). The molecule has 214 valence electrons. The monoisotopic (exact) mass is 565 g/mol. The van der Waals surface area contributed by atoms with E-state index in [9.17, 15) is 5.11 Å². The van der Waals surface area contributed by atoms with E-state index in [0.29, 0.717) is 34.0 Å². The second-order valence-corrected chi connectivity index (χ2v) is 12.5. The Labute approximate surface area is 241 Å². The highest BCUT2D eigenvalue weighted by atomic mass is 35.5. The number of halogens is 1. The zero-order valence-corrected chi connectivity index (χ0v) is 24.8.